The first-order valence-electron chi connectivity index (χ1n) is 7.32. The Kier molecular flexibility index (Phi) is 4.92. The van der Waals surface area contributed by atoms with E-state index in [9.17, 15) is 0 Å². The van der Waals surface area contributed by atoms with E-state index >= 15 is 0 Å². The number of fused-ring (bicyclic) bond motifs is 1. The van der Waals surface area contributed by atoms with Crippen LogP contribution in [0.15, 0.2) is 21.0 Å². The van der Waals surface area contributed by atoms with Crippen molar-refractivity contribution in [2.75, 3.05) is 6.54 Å². The standard InChI is InChI=1S/C17H24BrNO/c1-10(2)8-19-9-14-15(11(3)4)16-13(18)7-6-12(5)17(16)20-14/h6-7,10-11,19H,8-9H2,1-5H3. The van der Waals surface area contributed by atoms with Crippen LogP contribution in [0.2, 0.25) is 0 Å². The summed E-state index contributed by atoms with van der Waals surface area (Å²) in [5, 5.41) is 4.72. The molecule has 0 atom stereocenters. The zero-order chi connectivity index (χ0) is 14.9. The Hall–Kier alpha value is -0.800. The van der Waals surface area contributed by atoms with Gasteiger partial charge in [-0.2, -0.15) is 0 Å². The van der Waals surface area contributed by atoms with E-state index in [1.54, 1.807) is 0 Å². The number of nitrogens with one attached hydrogen (secondary N) is 1. The number of furan rings is 1. The average molecular weight is 338 g/mol. The predicted molar refractivity (Wildman–Crippen MR) is 89.3 cm³/mol. The molecule has 0 amide bonds. The van der Waals surface area contributed by atoms with E-state index in [4.69, 9.17) is 4.42 Å². The molecule has 110 valence electrons. The quantitative estimate of drug-likeness (QED) is 0.792. The summed E-state index contributed by atoms with van der Waals surface area (Å²) in [4.78, 5) is 0. The lowest BCUT2D eigenvalue weighted by Gasteiger charge is -2.09. The molecule has 0 fully saturated rings. The molecule has 20 heavy (non-hydrogen) atoms. The van der Waals surface area contributed by atoms with Gasteiger partial charge in [-0.25, -0.2) is 0 Å². The van der Waals surface area contributed by atoms with E-state index in [0.717, 1.165) is 28.9 Å². The van der Waals surface area contributed by atoms with Gasteiger partial charge in [0.2, 0.25) is 0 Å². The number of hydrogen-bond donors (Lipinski definition) is 1. The topological polar surface area (TPSA) is 25.2 Å². The third-order valence-electron chi connectivity index (χ3n) is 3.51. The molecule has 0 aliphatic carbocycles. The van der Waals surface area contributed by atoms with Gasteiger partial charge in [0.15, 0.2) is 0 Å². The van der Waals surface area contributed by atoms with Crippen LogP contribution in [0.4, 0.5) is 0 Å². The number of aryl methyl sites for hydroxylation is 1. The van der Waals surface area contributed by atoms with Crippen molar-refractivity contribution in [2.24, 2.45) is 5.92 Å². The molecule has 1 aromatic heterocycles. The molecule has 3 heteroatoms. The van der Waals surface area contributed by atoms with E-state index in [1.165, 1.54) is 16.5 Å². The highest BCUT2D eigenvalue weighted by atomic mass is 79.9. The van der Waals surface area contributed by atoms with Gasteiger partial charge in [0, 0.05) is 15.4 Å². The summed E-state index contributed by atoms with van der Waals surface area (Å²) >= 11 is 3.67. The Bertz CT molecular complexity index is 599. The average Bonchev–Trinajstić information content (AvgIpc) is 2.74. The summed E-state index contributed by atoms with van der Waals surface area (Å²) in [6.45, 7) is 12.8. The van der Waals surface area contributed by atoms with Crippen LogP contribution in [0, 0.1) is 12.8 Å². The summed E-state index contributed by atoms with van der Waals surface area (Å²) in [5.74, 6) is 2.17. The SMILES string of the molecule is Cc1ccc(Br)c2c(C(C)C)c(CNCC(C)C)oc12. The zero-order valence-electron chi connectivity index (χ0n) is 13.0. The van der Waals surface area contributed by atoms with Gasteiger partial charge in [0.05, 0.1) is 6.54 Å². The summed E-state index contributed by atoms with van der Waals surface area (Å²) in [6, 6.07) is 4.22. The fraction of sp³-hybridized carbons (Fsp3) is 0.529. The molecule has 0 saturated heterocycles. The maximum Gasteiger partial charge on any atom is 0.138 e. The smallest absolute Gasteiger partial charge is 0.138 e. The van der Waals surface area contributed by atoms with Crippen LogP contribution in [-0.4, -0.2) is 6.54 Å². The molecule has 0 bridgehead atoms. The van der Waals surface area contributed by atoms with Crippen LogP contribution in [0.25, 0.3) is 11.0 Å². The Morgan fingerprint density at radius 3 is 2.50 bits per heavy atom. The van der Waals surface area contributed by atoms with E-state index < -0.39 is 0 Å². The van der Waals surface area contributed by atoms with Gasteiger partial charge < -0.3 is 9.73 Å². The van der Waals surface area contributed by atoms with Crippen LogP contribution >= 0.6 is 15.9 Å². The second kappa shape index (κ2) is 6.31. The van der Waals surface area contributed by atoms with E-state index in [1.807, 2.05) is 0 Å². The Balaban J connectivity index is 2.46. The molecule has 0 unspecified atom stereocenters. The number of hydrogen-bond acceptors (Lipinski definition) is 2. The number of rotatable bonds is 5. The second-order valence-electron chi connectivity index (χ2n) is 6.19. The highest BCUT2D eigenvalue weighted by molar-refractivity contribution is 9.10. The summed E-state index contributed by atoms with van der Waals surface area (Å²) in [6.07, 6.45) is 0. The van der Waals surface area contributed by atoms with E-state index in [2.05, 4.69) is 68.0 Å². The van der Waals surface area contributed by atoms with Crippen molar-refractivity contribution in [2.45, 2.75) is 47.1 Å². The maximum absolute atomic E-state index is 6.16. The minimum absolute atomic E-state index is 0.449. The molecular weight excluding hydrogens is 314 g/mol. The van der Waals surface area contributed by atoms with Crippen molar-refractivity contribution in [3.63, 3.8) is 0 Å². The van der Waals surface area contributed by atoms with Crippen molar-refractivity contribution in [3.05, 3.63) is 33.5 Å². The third kappa shape index (κ3) is 3.09. The molecule has 0 saturated carbocycles. The van der Waals surface area contributed by atoms with Crippen molar-refractivity contribution in [3.8, 4) is 0 Å². The van der Waals surface area contributed by atoms with Gasteiger partial charge in [-0.15, -0.1) is 0 Å². The van der Waals surface area contributed by atoms with Gasteiger partial charge in [-0.1, -0.05) is 49.7 Å². The highest BCUT2D eigenvalue weighted by Gasteiger charge is 2.20. The minimum Gasteiger partial charge on any atom is -0.459 e. The normalized spacial score (nSPS) is 12.0. The first-order valence-corrected chi connectivity index (χ1v) is 8.12. The monoisotopic (exact) mass is 337 g/mol. The van der Waals surface area contributed by atoms with Gasteiger partial charge in [0.1, 0.15) is 11.3 Å². The molecule has 0 aliphatic heterocycles. The molecule has 0 radical (unpaired) electrons. The van der Waals surface area contributed by atoms with Crippen LogP contribution in [0.3, 0.4) is 0 Å². The van der Waals surface area contributed by atoms with Crippen molar-refractivity contribution >= 4 is 26.9 Å². The summed E-state index contributed by atoms with van der Waals surface area (Å²) < 4.78 is 7.29. The molecule has 0 aliphatic rings. The minimum atomic E-state index is 0.449. The van der Waals surface area contributed by atoms with Crippen LogP contribution in [-0.2, 0) is 6.54 Å². The molecule has 1 N–H and O–H groups in total. The predicted octanol–water partition coefficient (Wildman–Crippen LogP) is 5.37. The van der Waals surface area contributed by atoms with Crippen LogP contribution in [0.1, 0.15) is 50.5 Å². The van der Waals surface area contributed by atoms with E-state index in [0.29, 0.717) is 11.8 Å². The fourth-order valence-corrected chi connectivity index (χ4v) is 3.11. The highest BCUT2D eigenvalue weighted by Crippen LogP contribution is 2.38. The van der Waals surface area contributed by atoms with Crippen LogP contribution in [0.5, 0.6) is 0 Å². The lowest BCUT2D eigenvalue weighted by molar-refractivity contribution is 0.478. The van der Waals surface area contributed by atoms with Crippen molar-refractivity contribution in [1.82, 2.24) is 5.32 Å². The molecule has 1 aromatic carbocycles. The van der Waals surface area contributed by atoms with Crippen LogP contribution < -0.4 is 5.32 Å². The van der Waals surface area contributed by atoms with Crippen molar-refractivity contribution in [1.29, 1.82) is 0 Å². The Morgan fingerprint density at radius 2 is 1.90 bits per heavy atom. The molecule has 2 rings (SSSR count). The zero-order valence-corrected chi connectivity index (χ0v) is 14.6. The number of halogens is 1. The van der Waals surface area contributed by atoms with Gasteiger partial charge in [0.25, 0.3) is 0 Å². The first-order chi connectivity index (χ1) is 9.41. The Morgan fingerprint density at radius 1 is 1.20 bits per heavy atom. The second-order valence-corrected chi connectivity index (χ2v) is 7.04. The van der Waals surface area contributed by atoms with Gasteiger partial charge in [-0.3, -0.25) is 0 Å². The first kappa shape index (κ1) is 15.6. The van der Waals surface area contributed by atoms with E-state index in [-0.39, 0.29) is 0 Å². The summed E-state index contributed by atoms with van der Waals surface area (Å²) in [5.41, 5.74) is 3.54. The maximum atomic E-state index is 6.16. The molecule has 2 aromatic rings. The number of benzene rings is 1. The van der Waals surface area contributed by atoms with Gasteiger partial charge >= 0.3 is 0 Å². The third-order valence-corrected chi connectivity index (χ3v) is 4.18. The molecular formula is C17H24BrNO. The fourth-order valence-electron chi connectivity index (χ4n) is 2.58. The Labute approximate surface area is 130 Å². The molecule has 1 heterocycles. The lowest BCUT2D eigenvalue weighted by atomic mass is 9.98. The molecule has 0 spiro atoms. The summed E-state index contributed by atoms with van der Waals surface area (Å²) in [7, 11) is 0. The lowest BCUT2D eigenvalue weighted by Crippen LogP contribution is -2.19. The van der Waals surface area contributed by atoms with Crippen molar-refractivity contribution < 1.29 is 4.42 Å². The molecule has 2 nitrogen and oxygen atoms in total. The largest absolute Gasteiger partial charge is 0.459 e. The van der Waals surface area contributed by atoms with Gasteiger partial charge in [-0.05, 0) is 36.9 Å².